The molecular formula is C14H22N2O2S. The molecule has 0 heterocycles. The number of benzene rings is 1. The van der Waals surface area contributed by atoms with Crippen molar-refractivity contribution in [3.8, 4) is 0 Å². The topological polar surface area (TPSA) is 58.2 Å². The van der Waals surface area contributed by atoms with E-state index in [2.05, 4.69) is 17.0 Å². The van der Waals surface area contributed by atoms with E-state index in [4.69, 9.17) is 0 Å². The van der Waals surface area contributed by atoms with Crippen LogP contribution in [-0.4, -0.2) is 20.5 Å². The van der Waals surface area contributed by atoms with Gasteiger partial charge in [-0.15, -0.1) is 0 Å². The Balaban J connectivity index is 2.05. The fraction of sp³-hybridized carbons (Fsp3) is 0.571. The van der Waals surface area contributed by atoms with Crippen LogP contribution < -0.4 is 10.0 Å². The largest absolute Gasteiger partial charge is 0.380 e. The zero-order valence-electron chi connectivity index (χ0n) is 11.6. The monoisotopic (exact) mass is 282 g/mol. The number of sulfonamides is 1. The van der Waals surface area contributed by atoms with Gasteiger partial charge in [-0.1, -0.05) is 6.92 Å². The molecule has 1 aromatic rings. The Labute approximate surface area is 115 Å². The van der Waals surface area contributed by atoms with E-state index in [1.165, 1.54) is 19.3 Å². The van der Waals surface area contributed by atoms with Crippen molar-refractivity contribution in [2.75, 3.05) is 11.9 Å². The molecule has 0 amide bonds. The quantitative estimate of drug-likeness (QED) is 0.843. The van der Waals surface area contributed by atoms with Crippen LogP contribution in [0.1, 0.15) is 39.5 Å². The molecule has 4 nitrogen and oxygen atoms in total. The van der Waals surface area contributed by atoms with Gasteiger partial charge in [0, 0.05) is 17.8 Å². The molecule has 2 N–H and O–H groups in total. The van der Waals surface area contributed by atoms with Gasteiger partial charge in [0.05, 0.1) is 4.90 Å². The Hall–Kier alpha value is -1.07. The van der Waals surface area contributed by atoms with Crippen molar-refractivity contribution in [2.45, 2.75) is 50.0 Å². The highest BCUT2D eigenvalue weighted by Crippen LogP contribution is 2.34. The third kappa shape index (κ3) is 3.48. The fourth-order valence-corrected chi connectivity index (χ4v) is 3.35. The van der Waals surface area contributed by atoms with E-state index in [0.717, 1.165) is 12.1 Å². The van der Waals surface area contributed by atoms with E-state index in [9.17, 15) is 8.42 Å². The molecule has 2 rings (SSSR count). The summed E-state index contributed by atoms with van der Waals surface area (Å²) in [4.78, 5) is 0.324. The lowest BCUT2D eigenvalue weighted by Crippen LogP contribution is -2.41. The minimum absolute atomic E-state index is 0.181. The lowest BCUT2D eigenvalue weighted by Gasteiger charge is -2.40. The molecule has 0 aromatic heterocycles. The molecule has 0 spiro atoms. The molecule has 0 radical (unpaired) electrons. The van der Waals surface area contributed by atoms with Crippen LogP contribution in [0.4, 0.5) is 5.69 Å². The minimum Gasteiger partial charge on any atom is -0.380 e. The first kappa shape index (κ1) is 14.3. The van der Waals surface area contributed by atoms with Crippen LogP contribution in [0.15, 0.2) is 29.2 Å². The summed E-state index contributed by atoms with van der Waals surface area (Å²) >= 11 is 0. The van der Waals surface area contributed by atoms with E-state index in [0.29, 0.717) is 11.4 Å². The smallest absolute Gasteiger partial charge is 0.240 e. The number of rotatable bonds is 6. The minimum atomic E-state index is -3.35. The molecule has 1 fully saturated rings. The SMILES string of the molecule is CCCNS(=O)(=O)c1ccc(NC2(C)CCC2)cc1. The zero-order chi connectivity index (χ0) is 13.9. The van der Waals surface area contributed by atoms with Gasteiger partial charge >= 0.3 is 0 Å². The molecule has 0 bridgehead atoms. The van der Waals surface area contributed by atoms with Crippen LogP contribution in [0, 0.1) is 0 Å². The summed E-state index contributed by atoms with van der Waals surface area (Å²) in [6.07, 6.45) is 4.39. The van der Waals surface area contributed by atoms with Crippen LogP contribution in [0.3, 0.4) is 0 Å². The Bertz CT molecular complexity index is 519. The van der Waals surface area contributed by atoms with E-state index < -0.39 is 10.0 Å². The highest BCUT2D eigenvalue weighted by molar-refractivity contribution is 7.89. The van der Waals surface area contributed by atoms with Gasteiger partial charge in [-0.05, 0) is 56.9 Å². The van der Waals surface area contributed by atoms with Crippen LogP contribution >= 0.6 is 0 Å². The fourth-order valence-electron chi connectivity index (χ4n) is 2.22. The van der Waals surface area contributed by atoms with Crippen molar-refractivity contribution in [1.82, 2.24) is 4.72 Å². The van der Waals surface area contributed by atoms with E-state index in [1.54, 1.807) is 12.1 Å². The Morgan fingerprint density at radius 2 is 1.84 bits per heavy atom. The summed E-state index contributed by atoms with van der Waals surface area (Å²) in [6, 6.07) is 6.98. The summed E-state index contributed by atoms with van der Waals surface area (Å²) in [5.41, 5.74) is 1.16. The van der Waals surface area contributed by atoms with Crippen LogP contribution in [0.5, 0.6) is 0 Å². The molecule has 0 saturated heterocycles. The maximum absolute atomic E-state index is 11.9. The van der Waals surface area contributed by atoms with Crippen molar-refractivity contribution in [3.63, 3.8) is 0 Å². The van der Waals surface area contributed by atoms with Gasteiger partial charge in [0.1, 0.15) is 0 Å². The van der Waals surface area contributed by atoms with Crippen molar-refractivity contribution < 1.29 is 8.42 Å². The summed E-state index contributed by atoms with van der Waals surface area (Å²) in [6.45, 7) is 4.61. The molecule has 1 aliphatic carbocycles. The summed E-state index contributed by atoms with van der Waals surface area (Å²) in [7, 11) is -3.35. The van der Waals surface area contributed by atoms with Gasteiger partial charge < -0.3 is 5.32 Å². The molecule has 1 saturated carbocycles. The summed E-state index contributed by atoms with van der Waals surface area (Å²) in [5.74, 6) is 0. The lowest BCUT2D eigenvalue weighted by molar-refractivity contribution is 0.306. The van der Waals surface area contributed by atoms with E-state index >= 15 is 0 Å². The molecule has 5 heteroatoms. The first-order valence-corrected chi connectivity index (χ1v) is 8.31. The van der Waals surface area contributed by atoms with E-state index in [-0.39, 0.29) is 5.54 Å². The van der Waals surface area contributed by atoms with Crippen molar-refractivity contribution in [2.24, 2.45) is 0 Å². The number of anilines is 1. The third-order valence-electron chi connectivity index (χ3n) is 3.61. The van der Waals surface area contributed by atoms with Crippen molar-refractivity contribution >= 4 is 15.7 Å². The van der Waals surface area contributed by atoms with Crippen LogP contribution in [-0.2, 0) is 10.0 Å². The second kappa shape index (κ2) is 5.51. The van der Waals surface area contributed by atoms with Crippen molar-refractivity contribution in [1.29, 1.82) is 0 Å². The second-order valence-electron chi connectivity index (χ2n) is 5.46. The highest BCUT2D eigenvalue weighted by Gasteiger charge is 2.31. The van der Waals surface area contributed by atoms with Gasteiger partial charge in [-0.2, -0.15) is 0 Å². The average molecular weight is 282 g/mol. The molecule has 19 heavy (non-hydrogen) atoms. The predicted molar refractivity (Wildman–Crippen MR) is 77.8 cm³/mol. The predicted octanol–water partition coefficient (Wildman–Crippen LogP) is 2.73. The van der Waals surface area contributed by atoms with Crippen molar-refractivity contribution in [3.05, 3.63) is 24.3 Å². The van der Waals surface area contributed by atoms with Gasteiger partial charge in [0.25, 0.3) is 0 Å². The Morgan fingerprint density at radius 1 is 1.21 bits per heavy atom. The Morgan fingerprint density at radius 3 is 2.32 bits per heavy atom. The third-order valence-corrected chi connectivity index (χ3v) is 5.09. The molecular weight excluding hydrogens is 260 g/mol. The summed E-state index contributed by atoms with van der Waals surface area (Å²) < 4.78 is 26.4. The Kier molecular flexibility index (Phi) is 4.16. The summed E-state index contributed by atoms with van der Waals surface area (Å²) in [5, 5.41) is 3.46. The van der Waals surface area contributed by atoms with Gasteiger partial charge in [0.15, 0.2) is 0 Å². The molecule has 1 aliphatic rings. The zero-order valence-corrected chi connectivity index (χ0v) is 12.4. The maximum atomic E-state index is 11.9. The maximum Gasteiger partial charge on any atom is 0.240 e. The first-order chi connectivity index (χ1) is 8.95. The molecule has 0 unspecified atom stereocenters. The number of hydrogen-bond donors (Lipinski definition) is 2. The van der Waals surface area contributed by atoms with Gasteiger partial charge in [-0.25, -0.2) is 13.1 Å². The molecule has 0 aliphatic heterocycles. The normalized spacial score (nSPS) is 17.8. The second-order valence-corrected chi connectivity index (χ2v) is 7.23. The highest BCUT2D eigenvalue weighted by atomic mass is 32.2. The molecule has 106 valence electrons. The standard InChI is InChI=1S/C14H22N2O2S/c1-3-11-15-19(17,18)13-7-5-12(6-8-13)16-14(2)9-4-10-14/h5-8,15-16H,3-4,9-11H2,1-2H3. The average Bonchev–Trinajstić information content (AvgIpc) is 2.35. The van der Waals surface area contributed by atoms with E-state index in [1.807, 2.05) is 19.1 Å². The lowest BCUT2D eigenvalue weighted by atomic mass is 9.78. The van der Waals surface area contributed by atoms with Gasteiger partial charge in [0.2, 0.25) is 10.0 Å². The van der Waals surface area contributed by atoms with Crippen LogP contribution in [0.2, 0.25) is 0 Å². The van der Waals surface area contributed by atoms with Crippen LogP contribution in [0.25, 0.3) is 0 Å². The number of hydrogen-bond acceptors (Lipinski definition) is 3. The van der Waals surface area contributed by atoms with Gasteiger partial charge in [-0.3, -0.25) is 0 Å². The molecule has 1 aromatic carbocycles. The number of nitrogens with one attached hydrogen (secondary N) is 2. The first-order valence-electron chi connectivity index (χ1n) is 6.83. The molecule has 0 atom stereocenters.